The average Bonchev–Trinajstić information content (AvgIpc) is 3.28. The largest absolute Gasteiger partial charge is 0.494 e. The fourth-order valence-electron chi connectivity index (χ4n) is 4.88. The van der Waals surface area contributed by atoms with Crippen LogP contribution in [-0.2, 0) is 4.79 Å². The number of hydrogen-bond acceptors (Lipinski definition) is 7. The normalized spacial score (nSPS) is 14.8. The minimum atomic E-state index is -0.686. The predicted molar refractivity (Wildman–Crippen MR) is 178 cm³/mol. The smallest absolute Gasteiger partial charge is 0.271 e. The molecule has 43 heavy (non-hydrogen) atoms. The summed E-state index contributed by atoms with van der Waals surface area (Å²) in [5, 5.41) is 2.98. The molecule has 222 valence electrons. The maximum Gasteiger partial charge on any atom is 0.271 e. The van der Waals surface area contributed by atoms with E-state index in [1.54, 1.807) is 18.6 Å². The zero-order chi connectivity index (χ0) is 30.7. The van der Waals surface area contributed by atoms with Gasteiger partial charge in [0.15, 0.2) is 16.3 Å². The van der Waals surface area contributed by atoms with E-state index in [2.05, 4.69) is 27.9 Å². The summed E-state index contributed by atoms with van der Waals surface area (Å²) in [4.78, 5) is 33.1. The van der Waals surface area contributed by atoms with Crippen molar-refractivity contribution in [3.05, 3.63) is 112 Å². The van der Waals surface area contributed by atoms with Crippen molar-refractivity contribution in [2.75, 3.05) is 19.0 Å². The number of nitrogens with zero attached hydrogens (tertiary/aromatic N) is 2. The van der Waals surface area contributed by atoms with Crippen LogP contribution in [0.15, 0.2) is 87.8 Å². The quantitative estimate of drug-likeness (QED) is 0.226. The van der Waals surface area contributed by atoms with Crippen molar-refractivity contribution < 1.29 is 19.0 Å². The third-order valence-electron chi connectivity index (χ3n) is 6.71. The van der Waals surface area contributed by atoms with E-state index >= 15 is 0 Å². The maximum atomic E-state index is 14.1. The van der Waals surface area contributed by atoms with Crippen LogP contribution in [0, 0.1) is 3.57 Å². The summed E-state index contributed by atoms with van der Waals surface area (Å²) < 4.78 is 20.2. The Kier molecular flexibility index (Phi) is 9.36. The fourth-order valence-corrected chi connectivity index (χ4v) is 6.68. The minimum absolute atomic E-state index is 0.0175. The van der Waals surface area contributed by atoms with Crippen LogP contribution < -0.4 is 34.4 Å². The van der Waals surface area contributed by atoms with E-state index < -0.39 is 6.04 Å². The lowest BCUT2D eigenvalue weighted by Gasteiger charge is -2.25. The van der Waals surface area contributed by atoms with Crippen LogP contribution in [0.2, 0.25) is 0 Å². The van der Waals surface area contributed by atoms with E-state index in [1.165, 1.54) is 11.3 Å². The number of hydrogen-bond donors (Lipinski definition) is 1. The Hall–Kier alpha value is -3.90. The first-order valence-electron chi connectivity index (χ1n) is 13.9. The average molecular weight is 710 g/mol. The lowest BCUT2D eigenvalue weighted by molar-refractivity contribution is -0.113. The molecule has 2 heterocycles. The molecule has 1 aromatic heterocycles. The molecule has 4 aromatic rings. The number of carbonyl (C=O) groups excluding carboxylic acids is 1. The zero-order valence-corrected chi connectivity index (χ0v) is 27.5. The second kappa shape index (κ2) is 13.2. The molecule has 1 N–H and O–H groups in total. The summed E-state index contributed by atoms with van der Waals surface area (Å²) >= 11 is 3.50. The van der Waals surface area contributed by atoms with Gasteiger partial charge in [-0.25, -0.2) is 4.99 Å². The molecule has 8 nitrogen and oxygen atoms in total. The number of ether oxygens (including phenoxy) is 3. The van der Waals surface area contributed by atoms with Gasteiger partial charge in [-0.05, 0) is 104 Å². The molecule has 0 saturated carbocycles. The molecule has 0 fully saturated rings. The highest BCUT2D eigenvalue weighted by atomic mass is 127. The van der Waals surface area contributed by atoms with E-state index in [4.69, 9.17) is 19.2 Å². The van der Waals surface area contributed by atoms with Gasteiger partial charge in [0.25, 0.3) is 11.5 Å². The highest BCUT2D eigenvalue weighted by molar-refractivity contribution is 14.1. The number of thiazole rings is 1. The molecule has 3 aromatic carbocycles. The molecular formula is C33H32IN3O5S. The van der Waals surface area contributed by atoms with Gasteiger partial charge in [0.05, 0.1) is 45.2 Å². The fraction of sp³-hybridized carbons (Fsp3) is 0.242. The molecular weight excluding hydrogens is 677 g/mol. The number of carbonyl (C=O) groups is 1. The van der Waals surface area contributed by atoms with Gasteiger partial charge in [0.1, 0.15) is 5.75 Å². The van der Waals surface area contributed by atoms with E-state index in [0.717, 1.165) is 14.7 Å². The van der Waals surface area contributed by atoms with Gasteiger partial charge < -0.3 is 19.5 Å². The number of benzene rings is 3. The zero-order valence-electron chi connectivity index (χ0n) is 24.5. The maximum absolute atomic E-state index is 14.1. The third-order valence-corrected chi connectivity index (χ3v) is 8.49. The summed E-state index contributed by atoms with van der Waals surface area (Å²) in [6.07, 6.45) is 1.81. The van der Waals surface area contributed by atoms with E-state index in [1.807, 2.05) is 93.6 Å². The summed E-state index contributed by atoms with van der Waals surface area (Å²) in [6.45, 7) is 8.18. The Bertz CT molecular complexity index is 1860. The number of halogens is 1. The molecule has 10 heteroatoms. The minimum Gasteiger partial charge on any atom is -0.494 e. The van der Waals surface area contributed by atoms with Gasteiger partial charge in [0.2, 0.25) is 0 Å². The number of fused-ring (bicyclic) bond motifs is 1. The van der Waals surface area contributed by atoms with Crippen LogP contribution >= 0.6 is 33.9 Å². The van der Waals surface area contributed by atoms with Crippen molar-refractivity contribution in [2.45, 2.75) is 39.8 Å². The van der Waals surface area contributed by atoms with Crippen LogP contribution in [0.25, 0.3) is 6.08 Å². The first-order valence-corrected chi connectivity index (χ1v) is 15.8. The molecule has 1 aliphatic heterocycles. The van der Waals surface area contributed by atoms with Gasteiger partial charge in [-0.3, -0.25) is 14.2 Å². The SMILES string of the molecule is CCOc1ccc([C@H]2C(C(=O)Nc3ccccc3)=C(C)N=c3s/c(=C\c4cc(I)c(OC(C)C)c(OC)c4)c(=O)n32)cc1. The molecule has 0 unspecified atom stereocenters. The number of rotatable bonds is 9. The van der Waals surface area contributed by atoms with E-state index in [-0.39, 0.29) is 17.6 Å². The Labute approximate surface area is 267 Å². The Morgan fingerprint density at radius 1 is 1.14 bits per heavy atom. The molecule has 0 aliphatic carbocycles. The van der Waals surface area contributed by atoms with Crippen LogP contribution in [0.3, 0.4) is 0 Å². The van der Waals surface area contributed by atoms with Crippen LogP contribution in [0.1, 0.15) is 44.9 Å². The number of anilines is 1. The summed E-state index contributed by atoms with van der Waals surface area (Å²) in [5.41, 5.74) is 2.93. The molecule has 0 radical (unpaired) electrons. The van der Waals surface area contributed by atoms with Crippen molar-refractivity contribution >= 4 is 51.6 Å². The third kappa shape index (κ3) is 6.54. The van der Waals surface area contributed by atoms with Crippen molar-refractivity contribution in [2.24, 2.45) is 4.99 Å². The number of methoxy groups -OCH3 is 1. The predicted octanol–water partition coefficient (Wildman–Crippen LogP) is 5.67. The summed E-state index contributed by atoms with van der Waals surface area (Å²) in [5.74, 6) is 1.64. The van der Waals surface area contributed by atoms with Crippen molar-refractivity contribution in [3.8, 4) is 17.2 Å². The number of allylic oxidation sites excluding steroid dienone is 1. The molecule has 5 rings (SSSR count). The standard InChI is InChI=1S/C33H32IN3O5S/c1-6-41-24-14-12-22(13-15-24)29-28(31(38)36-23-10-8-7-9-11-23)20(4)35-33-37(29)32(39)27(43-33)18-21-16-25(34)30(42-19(2)3)26(17-21)40-5/h7-19,29H,6H2,1-5H3,(H,36,38)/b27-18-/t29-/m0/s1. The van der Waals surface area contributed by atoms with Crippen LogP contribution in [0.4, 0.5) is 5.69 Å². The Morgan fingerprint density at radius 3 is 2.51 bits per heavy atom. The first kappa shape index (κ1) is 30.6. The van der Waals surface area contributed by atoms with E-state index in [0.29, 0.717) is 50.1 Å². The number of para-hydroxylation sites is 1. The molecule has 1 atom stereocenters. The molecule has 0 bridgehead atoms. The van der Waals surface area contributed by atoms with Gasteiger partial charge in [-0.15, -0.1) is 0 Å². The van der Waals surface area contributed by atoms with E-state index in [9.17, 15) is 9.59 Å². The van der Waals surface area contributed by atoms with Crippen LogP contribution in [0.5, 0.6) is 17.2 Å². The van der Waals surface area contributed by atoms with Crippen LogP contribution in [-0.4, -0.2) is 30.3 Å². The number of aromatic nitrogens is 1. The lowest BCUT2D eigenvalue weighted by atomic mass is 9.95. The van der Waals surface area contributed by atoms with Gasteiger partial charge in [-0.2, -0.15) is 0 Å². The molecule has 0 saturated heterocycles. The lowest BCUT2D eigenvalue weighted by Crippen LogP contribution is -2.40. The van der Waals surface area contributed by atoms with Gasteiger partial charge in [0, 0.05) is 5.69 Å². The highest BCUT2D eigenvalue weighted by Gasteiger charge is 2.32. The van der Waals surface area contributed by atoms with Crippen molar-refractivity contribution in [3.63, 3.8) is 0 Å². The molecule has 1 amide bonds. The Morgan fingerprint density at radius 2 is 1.86 bits per heavy atom. The number of amides is 1. The van der Waals surface area contributed by atoms with Gasteiger partial charge >= 0.3 is 0 Å². The monoisotopic (exact) mass is 709 g/mol. The van der Waals surface area contributed by atoms with Crippen molar-refractivity contribution in [1.29, 1.82) is 0 Å². The first-order chi connectivity index (χ1) is 20.7. The summed E-state index contributed by atoms with van der Waals surface area (Å²) in [7, 11) is 1.60. The summed E-state index contributed by atoms with van der Waals surface area (Å²) in [6, 6.07) is 19.8. The topological polar surface area (TPSA) is 91.2 Å². The van der Waals surface area contributed by atoms with Crippen molar-refractivity contribution in [1.82, 2.24) is 4.57 Å². The molecule has 1 aliphatic rings. The van der Waals surface area contributed by atoms with Gasteiger partial charge in [-0.1, -0.05) is 41.7 Å². The highest BCUT2D eigenvalue weighted by Crippen LogP contribution is 2.35. The second-order valence-corrected chi connectivity index (χ2v) is 12.3. The second-order valence-electron chi connectivity index (χ2n) is 10.1. The molecule has 0 spiro atoms. The number of nitrogens with one attached hydrogen (secondary N) is 1. The Balaban J connectivity index is 1.64.